The van der Waals surface area contributed by atoms with Crippen LogP contribution in [0.1, 0.15) is 18.4 Å². The van der Waals surface area contributed by atoms with Crippen LogP contribution in [0.15, 0.2) is 29.2 Å². The molecule has 1 saturated heterocycles. The third-order valence-corrected chi connectivity index (χ3v) is 5.55. The van der Waals surface area contributed by atoms with Gasteiger partial charge >= 0.3 is 12.2 Å². The number of hydrogen-bond acceptors (Lipinski definition) is 3. The van der Waals surface area contributed by atoms with Crippen molar-refractivity contribution in [2.24, 2.45) is 5.73 Å². The molecule has 1 unspecified atom stereocenters. The van der Waals surface area contributed by atoms with Gasteiger partial charge in [-0.15, -0.1) is 0 Å². The third-order valence-electron chi connectivity index (χ3n) is 3.60. The lowest BCUT2D eigenvalue weighted by Gasteiger charge is -2.24. The van der Waals surface area contributed by atoms with Gasteiger partial charge < -0.3 is 11.1 Å². The highest BCUT2D eigenvalue weighted by Gasteiger charge is 2.37. The molecule has 0 saturated carbocycles. The van der Waals surface area contributed by atoms with Crippen LogP contribution in [0, 0.1) is 0 Å². The molecule has 23 heavy (non-hydrogen) atoms. The number of rotatable bonds is 4. The lowest BCUT2D eigenvalue weighted by molar-refractivity contribution is -0.137. The van der Waals surface area contributed by atoms with Crippen molar-refractivity contribution in [3.63, 3.8) is 0 Å². The molecule has 0 aliphatic carbocycles. The summed E-state index contributed by atoms with van der Waals surface area (Å²) in [7, 11) is -4.08. The van der Waals surface area contributed by atoms with Crippen LogP contribution in [0.4, 0.5) is 18.0 Å². The number of benzene rings is 1. The summed E-state index contributed by atoms with van der Waals surface area (Å²) in [4.78, 5) is 10.3. The van der Waals surface area contributed by atoms with Crippen LogP contribution in [-0.4, -0.2) is 37.9 Å². The van der Waals surface area contributed by atoms with Crippen LogP contribution in [0.3, 0.4) is 0 Å². The number of urea groups is 1. The average molecular weight is 351 g/mol. The van der Waals surface area contributed by atoms with Crippen molar-refractivity contribution in [3.8, 4) is 0 Å². The highest BCUT2D eigenvalue weighted by atomic mass is 32.2. The molecular weight excluding hydrogens is 335 g/mol. The number of hydrogen-bond donors (Lipinski definition) is 2. The molecule has 1 aliphatic rings. The number of nitrogens with zero attached hydrogens (tertiary/aromatic N) is 1. The summed E-state index contributed by atoms with van der Waals surface area (Å²) >= 11 is 0. The fourth-order valence-electron chi connectivity index (χ4n) is 2.52. The maximum absolute atomic E-state index is 12.7. The van der Waals surface area contributed by atoms with Gasteiger partial charge in [-0.3, -0.25) is 0 Å². The summed E-state index contributed by atoms with van der Waals surface area (Å²) in [6.07, 6.45) is -3.56. The van der Waals surface area contributed by atoms with Gasteiger partial charge in [0.15, 0.2) is 0 Å². The molecule has 3 N–H and O–H groups in total. The van der Waals surface area contributed by atoms with E-state index in [9.17, 15) is 26.4 Å². The number of carbonyl (C=O) groups excluding carboxylic acids is 1. The summed E-state index contributed by atoms with van der Waals surface area (Å²) in [5.41, 5.74) is 3.94. The zero-order valence-corrected chi connectivity index (χ0v) is 12.8. The van der Waals surface area contributed by atoms with Crippen molar-refractivity contribution in [2.45, 2.75) is 30.0 Å². The van der Waals surface area contributed by atoms with E-state index in [2.05, 4.69) is 5.32 Å². The Hall–Kier alpha value is -1.81. The van der Waals surface area contributed by atoms with Crippen LogP contribution in [-0.2, 0) is 16.2 Å². The number of nitrogens with two attached hydrogens (primary N) is 1. The summed E-state index contributed by atoms with van der Waals surface area (Å²) in [5, 5.41) is 2.33. The molecule has 0 spiro atoms. The molecule has 0 radical (unpaired) electrons. The van der Waals surface area contributed by atoms with Gasteiger partial charge in [-0.2, -0.15) is 17.5 Å². The summed E-state index contributed by atoms with van der Waals surface area (Å²) in [6.45, 7) is 0.206. The Morgan fingerprint density at radius 1 is 1.39 bits per heavy atom. The molecule has 1 aliphatic heterocycles. The van der Waals surface area contributed by atoms with Crippen molar-refractivity contribution < 1.29 is 26.4 Å². The number of carbonyl (C=O) groups is 1. The molecule has 2 amide bonds. The molecule has 128 valence electrons. The van der Waals surface area contributed by atoms with E-state index in [1.807, 2.05) is 0 Å². The first-order valence-electron chi connectivity index (χ1n) is 6.85. The van der Waals surface area contributed by atoms with Crippen LogP contribution >= 0.6 is 0 Å². The van der Waals surface area contributed by atoms with Gasteiger partial charge in [0, 0.05) is 19.1 Å². The van der Waals surface area contributed by atoms with E-state index in [0.29, 0.717) is 18.9 Å². The smallest absolute Gasteiger partial charge is 0.352 e. The Morgan fingerprint density at radius 3 is 2.70 bits per heavy atom. The minimum atomic E-state index is -4.62. The van der Waals surface area contributed by atoms with E-state index >= 15 is 0 Å². The zero-order valence-electron chi connectivity index (χ0n) is 12.0. The summed E-state index contributed by atoms with van der Waals surface area (Å²) in [5.74, 6) is 0. The van der Waals surface area contributed by atoms with Gasteiger partial charge in [-0.05, 0) is 31.0 Å². The molecule has 2 rings (SSSR count). The van der Waals surface area contributed by atoms with Crippen LogP contribution in [0.5, 0.6) is 0 Å². The number of sulfonamides is 1. The fraction of sp³-hybridized carbons (Fsp3) is 0.462. The molecule has 6 nitrogen and oxygen atoms in total. The van der Waals surface area contributed by atoms with E-state index in [0.717, 1.165) is 22.5 Å². The molecule has 1 atom stereocenters. The van der Waals surface area contributed by atoms with Gasteiger partial charge in [0.25, 0.3) is 0 Å². The average Bonchev–Trinajstić information content (AvgIpc) is 2.93. The minimum Gasteiger partial charge on any atom is -0.352 e. The molecule has 0 aromatic heterocycles. The minimum absolute atomic E-state index is 0.0214. The molecular formula is C13H16F3N3O3S. The highest BCUT2D eigenvalue weighted by Crippen LogP contribution is 2.32. The van der Waals surface area contributed by atoms with Crippen LogP contribution < -0.4 is 11.1 Å². The fourth-order valence-corrected chi connectivity index (χ4v) is 4.26. The molecule has 1 aromatic carbocycles. The number of alkyl halides is 3. The Labute approximate surface area is 131 Å². The normalized spacial score (nSPS) is 19.7. The number of amides is 2. The zero-order chi connectivity index (χ0) is 17.3. The van der Waals surface area contributed by atoms with Crippen molar-refractivity contribution in [3.05, 3.63) is 29.8 Å². The van der Waals surface area contributed by atoms with E-state index in [4.69, 9.17) is 5.73 Å². The molecule has 1 aromatic rings. The molecule has 1 heterocycles. The van der Waals surface area contributed by atoms with E-state index in [-0.39, 0.29) is 13.1 Å². The van der Waals surface area contributed by atoms with Gasteiger partial charge in [0.1, 0.15) is 0 Å². The first-order valence-corrected chi connectivity index (χ1v) is 8.29. The Kier molecular flexibility index (Phi) is 4.85. The monoisotopic (exact) mass is 351 g/mol. The summed E-state index contributed by atoms with van der Waals surface area (Å²) in [6, 6.07) is 2.31. The lowest BCUT2D eigenvalue weighted by Crippen LogP contribution is -2.44. The Balaban J connectivity index is 2.29. The van der Waals surface area contributed by atoms with Crippen molar-refractivity contribution in [1.29, 1.82) is 0 Å². The largest absolute Gasteiger partial charge is 0.416 e. The van der Waals surface area contributed by atoms with Crippen molar-refractivity contribution in [2.75, 3.05) is 13.1 Å². The predicted molar refractivity (Wildman–Crippen MR) is 75.9 cm³/mol. The third kappa shape index (κ3) is 3.94. The van der Waals surface area contributed by atoms with Gasteiger partial charge in [-0.25, -0.2) is 13.2 Å². The predicted octanol–water partition coefficient (Wildman–Crippen LogP) is 1.53. The quantitative estimate of drug-likeness (QED) is 0.861. The first-order chi connectivity index (χ1) is 10.6. The highest BCUT2D eigenvalue weighted by molar-refractivity contribution is 7.89. The number of primary amides is 1. The maximum atomic E-state index is 12.7. The first kappa shape index (κ1) is 17.5. The molecule has 0 bridgehead atoms. The van der Waals surface area contributed by atoms with Crippen LogP contribution in [0.25, 0.3) is 0 Å². The van der Waals surface area contributed by atoms with E-state index in [1.165, 1.54) is 0 Å². The SMILES string of the molecule is NC(=O)NCC1CCCN1S(=O)(=O)c1cccc(C(F)(F)F)c1. The number of halogens is 3. The Morgan fingerprint density at radius 2 is 2.09 bits per heavy atom. The van der Waals surface area contributed by atoms with Gasteiger partial charge in [0.05, 0.1) is 10.5 Å². The second-order valence-corrected chi connectivity index (χ2v) is 7.07. The van der Waals surface area contributed by atoms with Crippen LogP contribution in [0.2, 0.25) is 0 Å². The number of nitrogens with one attached hydrogen (secondary N) is 1. The maximum Gasteiger partial charge on any atom is 0.416 e. The van der Waals surface area contributed by atoms with Gasteiger partial charge in [-0.1, -0.05) is 6.07 Å². The molecule has 10 heteroatoms. The second-order valence-electron chi connectivity index (χ2n) is 5.18. The lowest BCUT2D eigenvalue weighted by atomic mass is 10.2. The second kappa shape index (κ2) is 6.36. The summed E-state index contributed by atoms with van der Waals surface area (Å²) < 4.78 is 64.5. The topological polar surface area (TPSA) is 92.5 Å². The van der Waals surface area contributed by atoms with Gasteiger partial charge in [0.2, 0.25) is 10.0 Å². The van der Waals surface area contributed by atoms with E-state index < -0.39 is 38.7 Å². The van der Waals surface area contributed by atoms with E-state index in [1.54, 1.807) is 0 Å². The Bertz CT molecular complexity index is 691. The van der Waals surface area contributed by atoms with Crippen molar-refractivity contribution >= 4 is 16.1 Å². The van der Waals surface area contributed by atoms with Crippen molar-refractivity contribution in [1.82, 2.24) is 9.62 Å². The standard InChI is InChI=1S/C13H16F3N3O3S/c14-13(15,16)9-3-1-5-11(7-9)23(21,22)19-6-2-4-10(19)8-18-12(17)20/h1,3,5,7,10H,2,4,6,8H2,(H3,17,18,20). The molecule has 1 fully saturated rings.